The number of hydrogen-bond acceptors (Lipinski definition) is 20. The lowest BCUT2D eigenvalue weighted by molar-refractivity contribution is -0.124. The number of methoxy groups -OCH3 is 1. The molecule has 0 radical (unpaired) electrons. The molecule has 6 N–H and O–H groups in total. The van der Waals surface area contributed by atoms with E-state index in [1.54, 1.807) is 53.9 Å². The van der Waals surface area contributed by atoms with E-state index in [-0.39, 0.29) is 82.2 Å². The summed E-state index contributed by atoms with van der Waals surface area (Å²) in [5.74, 6) is 4.24. The zero-order chi connectivity index (χ0) is 67.7. The summed E-state index contributed by atoms with van der Waals surface area (Å²) in [5.41, 5.74) is 18.7. The number of piperazine rings is 2. The highest BCUT2D eigenvalue weighted by Gasteiger charge is 2.59. The van der Waals surface area contributed by atoms with Gasteiger partial charge in [-0.3, -0.25) is 29.2 Å². The maximum atomic E-state index is 13.6. The number of phenolic OH excluding ortho intramolecular Hbond substituents is 1. The molecular weight excluding hydrogens is 1200 g/mol. The number of hydrogen-bond donors (Lipinski definition) is 5. The van der Waals surface area contributed by atoms with E-state index in [0.717, 1.165) is 83.6 Å². The van der Waals surface area contributed by atoms with Crippen LogP contribution in [0.3, 0.4) is 0 Å². The maximum Gasteiger partial charge on any atom is 0.408 e. The summed E-state index contributed by atoms with van der Waals surface area (Å²) in [6.07, 6.45) is 5.05. The average Bonchev–Trinajstić information content (AvgIpc) is 0.884. The number of nitrogens with zero attached hydrogens (tertiary/aromatic N) is 6. The lowest BCUT2D eigenvalue weighted by Gasteiger charge is -2.60. The van der Waals surface area contributed by atoms with Crippen LogP contribution in [0, 0.1) is 64.2 Å². The van der Waals surface area contributed by atoms with Crippen molar-refractivity contribution in [3.8, 4) is 58.1 Å². The van der Waals surface area contributed by atoms with E-state index in [9.17, 15) is 30.0 Å². The normalized spacial score (nSPS) is 24.9. The second kappa shape index (κ2) is 26.5. The molecule has 23 nitrogen and oxygen atoms in total. The molecule has 0 spiro atoms. The fourth-order valence-electron chi connectivity index (χ4n) is 16.0. The molecule has 94 heavy (non-hydrogen) atoms. The number of alkyl carbamates (subject to hydrolysis) is 1. The second-order valence-electron chi connectivity index (χ2n) is 27.1. The van der Waals surface area contributed by atoms with E-state index in [1.165, 1.54) is 0 Å². The number of phenols is 1. The third-order valence-electron chi connectivity index (χ3n) is 20.3. The number of carbonyl (C=O) groups is 3. The number of aryl methyl sites for hydroxylation is 2. The number of benzene rings is 4. The molecule has 2 saturated heterocycles. The molecule has 502 valence electrons. The van der Waals surface area contributed by atoms with Crippen molar-refractivity contribution in [2.45, 2.75) is 180 Å². The summed E-state index contributed by atoms with van der Waals surface area (Å²) in [6, 6.07) is 5.03. The number of aromatic hydroxyl groups is 1. The Hall–Kier alpha value is -8.29. The number of carbonyl (C=O) groups excluding carboxylic acids is 3. The Morgan fingerprint density at radius 3 is 1.59 bits per heavy atom. The fraction of sp³-hybridized carbons (Fsp3) is 0.535. The number of ether oxygens (including phenoxy) is 9. The first kappa shape index (κ1) is 67.1. The van der Waals surface area contributed by atoms with Gasteiger partial charge in [0.25, 0.3) is 0 Å². The number of likely N-dealkylation sites (N-methyl/N-ethyl adjacent to an activating group) is 2. The summed E-state index contributed by atoms with van der Waals surface area (Å²) in [4.78, 5) is 48.1. The Morgan fingerprint density at radius 2 is 1.13 bits per heavy atom. The van der Waals surface area contributed by atoms with Gasteiger partial charge in [0.15, 0.2) is 29.8 Å². The molecule has 8 aliphatic heterocycles. The van der Waals surface area contributed by atoms with Gasteiger partial charge in [-0.15, -0.1) is 0 Å². The molecule has 0 saturated carbocycles. The highest BCUT2D eigenvalue weighted by atomic mass is 16.7. The predicted octanol–water partition coefficient (Wildman–Crippen LogP) is 7.53. The number of nitrogens with one attached hydrogen (secondary N) is 3. The number of fused-ring (bicyclic) bond motifs is 18. The van der Waals surface area contributed by atoms with Crippen LogP contribution < -0.4 is 54.8 Å². The smallest absolute Gasteiger partial charge is 0.408 e. The molecule has 4 bridgehead atoms. The monoisotopic (exact) mass is 1290 g/mol. The van der Waals surface area contributed by atoms with Crippen molar-refractivity contribution in [2.24, 2.45) is 5.73 Å². The second-order valence-corrected chi connectivity index (χ2v) is 27.1. The standard InChI is InChI=1S/C39H51N5O8.C32H39N5O5/c1-11-12-48-33-22(4)35-36(51-19-50-35)31-25(33)15-27-32-30-24(13-20(2)21(3)34(30)49-18-47-10)14-26(43(32)9)28(16-40)44(27)29(31)17-41-37(45)23(5)42-38(46)52-39(6,7)8;1-7-8-40-29-17(4)30-31(42-14-41-30)26-20(29)11-22-27-25-19(9-15(2)16(3)28(25)38)10-21(36(27)6)23(12-33)37(22)24(26)13-35-32(39)18(5)34/h11,13,23,26-29,32H,1,12,14-15,17-19H2,2-10H3,(H,41,45)(H,42,46);7,9,18,21-24,27,38H,1,8,10-11,13-14,34H2,2-6H3,(H,35,39)/t23-,26-,27?,28-,29-,32-;18-,21-,22?,23-,24-,27-/m00/s1. The number of nitriles is 2. The predicted molar refractivity (Wildman–Crippen MR) is 349 cm³/mol. The first-order valence-corrected chi connectivity index (χ1v) is 32.3. The lowest BCUT2D eigenvalue weighted by Crippen LogP contribution is -2.69. The molecule has 4 aromatic carbocycles. The van der Waals surface area contributed by atoms with Crippen LogP contribution in [0.1, 0.15) is 137 Å². The van der Waals surface area contributed by atoms with Gasteiger partial charge < -0.3 is 69.4 Å². The third-order valence-corrected chi connectivity index (χ3v) is 20.3. The molecular formula is C71H90N10O13. The Kier molecular flexibility index (Phi) is 18.9. The van der Waals surface area contributed by atoms with Gasteiger partial charge in [0.05, 0.1) is 42.3 Å². The van der Waals surface area contributed by atoms with Crippen molar-refractivity contribution in [1.82, 2.24) is 35.6 Å². The SMILES string of the molecule is C=CCOc1c(C)c2c(c3c1CC1[C@H]4c5c(cc(C)c(C)c5O)C[C@@H]([C@H](C#N)N1[C@H]3CNC(=O)[C@H](C)N)N4C)OCO2.C=CCOc1c(C)c2c(c3c1CC1[C@H]4c5c(cc(C)c(C)c5OCOC)C[C@@H]([C@H](C#N)N1[C@H]3CNC(=O)[C@H](C)NC(=O)OC(C)(C)C)N4C)OCO2. The van der Waals surface area contributed by atoms with Crippen LogP contribution in [0.2, 0.25) is 0 Å². The Balaban J connectivity index is 0.000000196. The number of nitrogens with two attached hydrogens (primary N) is 1. The van der Waals surface area contributed by atoms with Crippen molar-refractivity contribution in [2.75, 3.05) is 67.9 Å². The molecule has 0 aliphatic carbocycles. The molecule has 12 atom stereocenters. The average molecular weight is 1290 g/mol. The number of amides is 3. The molecule has 12 rings (SSSR count). The molecule has 23 heteroatoms. The minimum Gasteiger partial charge on any atom is -0.507 e. The fourth-order valence-corrected chi connectivity index (χ4v) is 16.0. The Morgan fingerprint density at radius 1 is 0.670 bits per heavy atom. The van der Waals surface area contributed by atoms with Crippen molar-refractivity contribution < 1.29 is 62.1 Å². The minimum atomic E-state index is -0.888. The van der Waals surface area contributed by atoms with E-state index in [2.05, 4.69) is 101 Å². The molecule has 2 unspecified atom stereocenters. The van der Waals surface area contributed by atoms with Gasteiger partial charge in [0.2, 0.25) is 25.4 Å². The van der Waals surface area contributed by atoms with Crippen LogP contribution in [0.5, 0.6) is 46.0 Å². The lowest BCUT2D eigenvalue weighted by atomic mass is 9.71. The summed E-state index contributed by atoms with van der Waals surface area (Å²) < 4.78 is 54.1. The van der Waals surface area contributed by atoms with Crippen molar-refractivity contribution in [3.63, 3.8) is 0 Å². The molecule has 8 aliphatic rings. The van der Waals surface area contributed by atoms with E-state index in [1.807, 2.05) is 27.7 Å². The summed E-state index contributed by atoms with van der Waals surface area (Å²) in [6.45, 7) is 29.4. The molecule has 4 aromatic rings. The highest BCUT2D eigenvalue weighted by Crippen LogP contribution is 2.60. The van der Waals surface area contributed by atoms with E-state index < -0.39 is 53.9 Å². The molecule has 3 amide bonds. The zero-order valence-electron chi connectivity index (χ0n) is 56.5. The van der Waals surface area contributed by atoms with Crippen molar-refractivity contribution >= 4 is 17.9 Å². The van der Waals surface area contributed by atoms with E-state index in [0.29, 0.717) is 72.5 Å². The summed E-state index contributed by atoms with van der Waals surface area (Å²) >= 11 is 0. The van der Waals surface area contributed by atoms with Crippen LogP contribution >= 0.6 is 0 Å². The van der Waals surface area contributed by atoms with Gasteiger partial charge in [-0.05, 0) is 149 Å². The van der Waals surface area contributed by atoms with Crippen molar-refractivity contribution in [1.29, 1.82) is 10.5 Å². The zero-order valence-corrected chi connectivity index (χ0v) is 56.5. The van der Waals surface area contributed by atoms with Crippen LogP contribution in [-0.2, 0) is 44.7 Å². The Labute approximate surface area is 550 Å². The first-order valence-electron chi connectivity index (χ1n) is 32.3. The molecule has 0 aromatic heterocycles. The van der Waals surface area contributed by atoms with Gasteiger partial charge in [0, 0.05) is 88.9 Å². The largest absolute Gasteiger partial charge is 0.507 e. The van der Waals surface area contributed by atoms with Gasteiger partial charge in [-0.25, -0.2) is 4.79 Å². The minimum absolute atomic E-state index is 0.0365. The van der Waals surface area contributed by atoms with Crippen LogP contribution in [0.25, 0.3) is 0 Å². The summed E-state index contributed by atoms with van der Waals surface area (Å²) in [5, 5.41) is 42.1. The maximum absolute atomic E-state index is 13.6. The van der Waals surface area contributed by atoms with Gasteiger partial charge >= 0.3 is 6.09 Å². The first-order chi connectivity index (χ1) is 44.8. The molecule has 2 fully saturated rings. The topological polar surface area (TPSA) is 277 Å². The van der Waals surface area contributed by atoms with Gasteiger partial charge in [0.1, 0.15) is 59.9 Å². The highest BCUT2D eigenvalue weighted by molar-refractivity contribution is 5.85. The number of rotatable bonds is 16. The Bertz CT molecular complexity index is 3800. The van der Waals surface area contributed by atoms with Crippen LogP contribution in [-0.4, -0.2) is 164 Å². The van der Waals surface area contributed by atoms with Crippen molar-refractivity contribution in [3.05, 3.63) is 115 Å². The summed E-state index contributed by atoms with van der Waals surface area (Å²) in [7, 11) is 5.75. The van der Waals surface area contributed by atoms with E-state index in [4.69, 9.17) is 48.4 Å². The van der Waals surface area contributed by atoms with Gasteiger partial charge in [-0.1, -0.05) is 37.4 Å². The van der Waals surface area contributed by atoms with Crippen LogP contribution in [0.4, 0.5) is 4.79 Å². The third kappa shape index (κ3) is 11.5. The quantitative estimate of drug-likeness (QED) is 0.0535. The van der Waals surface area contributed by atoms with Crippen LogP contribution in [0.15, 0.2) is 37.4 Å². The van der Waals surface area contributed by atoms with Gasteiger partial charge in [-0.2, -0.15) is 10.5 Å². The molecule has 8 heterocycles. The van der Waals surface area contributed by atoms with E-state index >= 15 is 0 Å².